The minimum Gasteiger partial charge on any atom is -0.384 e. The predicted molar refractivity (Wildman–Crippen MR) is 35.6 cm³/mol. The van der Waals surface area contributed by atoms with Gasteiger partial charge >= 0.3 is 6.18 Å². The highest BCUT2D eigenvalue weighted by molar-refractivity contribution is 14.1. The minimum absolute atomic E-state index is 0.218. The van der Waals surface area contributed by atoms with Crippen molar-refractivity contribution in [3.05, 3.63) is 0 Å². The Kier molecular flexibility index (Phi) is 3.79. The van der Waals surface area contributed by atoms with Gasteiger partial charge < -0.3 is 5.11 Å². The van der Waals surface area contributed by atoms with Gasteiger partial charge in [0.05, 0.1) is 0 Å². The summed E-state index contributed by atoms with van der Waals surface area (Å²) in [6.45, 7) is 0. The highest BCUT2D eigenvalue weighted by Gasteiger charge is 2.37. The number of aliphatic hydroxyl groups excluding tert-OH is 1. The SMILES string of the molecule is OC(CCI)C(F)(F)F. The van der Waals surface area contributed by atoms with E-state index in [0.717, 1.165) is 0 Å². The van der Waals surface area contributed by atoms with Gasteiger partial charge in [0, 0.05) is 4.43 Å². The van der Waals surface area contributed by atoms with Crippen LogP contribution in [0.3, 0.4) is 0 Å². The summed E-state index contributed by atoms with van der Waals surface area (Å²) in [7, 11) is 0. The molecular formula is C4H6F3IO. The molecule has 5 heteroatoms. The lowest BCUT2D eigenvalue weighted by Crippen LogP contribution is -2.28. The second kappa shape index (κ2) is 3.60. The van der Waals surface area contributed by atoms with Crippen molar-refractivity contribution in [2.45, 2.75) is 18.7 Å². The van der Waals surface area contributed by atoms with E-state index in [9.17, 15) is 13.2 Å². The zero-order chi connectivity index (χ0) is 7.49. The van der Waals surface area contributed by atoms with Gasteiger partial charge in [-0.05, 0) is 6.42 Å². The van der Waals surface area contributed by atoms with E-state index in [4.69, 9.17) is 5.11 Å². The number of hydrogen-bond acceptors (Lipinski definition) is 1. The molecule has 0 aliphatic heterocycles. The van der Waals surface area contributed by atoms with Gasteiger partial charge in [-0.3, -0.25) is 0 Å². The second-order valence-corrected chi connectivity index (χ2v) is 2.61. The molecule has 9 heavy (non-hydrogen) atoms. The maximum Gasteiger partial charge on any atom is 0.414 e. The fourth-order valence-electron chi connectivity index (χ4n) is 0.267. The fraction of sp³-hybridized carbons (Fsp3) is 1.00. The average molecular weight is 254 g/mol. The molecule has 0 rings (SSSR count). The van der Waals surface area contributed by atoms with E-state index in [0.29, 0.717) is 4.43 Å². The van der Waals surface area contributed by atoms with Gasteiger partial charge in [-0.25, -0.2) is 0 Å². The van der Waals surface area contributed by atoms with Crippen LogP contribution in [0.25, 0.3) is 0 Å². The van der Waals surface area contributed by atoms with Crippen LogP contribution in [-0.2, 0) is 0 Å². The molecule has 0 spiro atoms. The first-order chi connectivity index (χ1) is 3.98. The molecule has 0 fully saturated rings. The number of halogens is 4. The van der Waals surface area contributed by atoms with Crippen LogP contribution in [0.1, 0.15) is 6.42 Å². The fourth-order valence-corrected chi connectivity index (χ4v) is 0.857. The maximum atomic E-state index is 11.4. The molecule has 0 heterocycles. The van der Waals surface area contributed by atoms with Crippen LogP contribution in [0.2, 0.25) is 0 Å². The summed E-state index contributed by atoms with van der Waals surface area (Å²) in [6.07, 6.45) is -6.80. The van der Waals surface area contributed by atoms with Crippen molar-refractivity contribution < 1.29 is 18.3 Å². The molecule has 1 atom stereocenters. The van der Waals surface area contributed by atoms with E-state index >= 15 is 0 Å². The van der Waals surface area contributed by atoms with Crippen LogP contribution in [0, 0.1) is 0 Å². The summed E-state index contributed by atoms with van der Waals surface area (Å²) in [6, 6.07) is 0. The lowest BCUT2D eigenvalue weighted by atomic mass is 10.3. The van der Waals surface area contributed by atoms with E-state index in [-0.39, 0.29) is 6.42 Å². The van der Waals surface area contributed by atoms with Crippen molar-refractivity contribution in [3.63, 3.8) is 0 Å². The molecule has 0 aromatic carbocycles. The highest BCUT2D eigenvalue weighted by Crippen LogP contribution is 2.22. The third-order valence-corrected chi connectivity index (χ3v) is 1.38. The third-order valence-electron chi connectivity index (χ3n) is 0.760. The molecular weight excluding hydrogens is 248 g/mol. The Morgan fingerprint density at radius 2 is 1.89 bits per heavy atom. The first kappa shape index (κ1) is 9.48. The van der Waals surface area contributed by atoms with Crippen LogP contribution in [0.5, 0.6) is 0 Å². The Bertz CT molecular complexity index is 82.4. The first-order valence-corrected chi connectivity index (χ1v) is 3.81. The van der Waals surface area contributed by atoms with Gasteiger partial charge in [-0.2, -0.15) is 13.2 Å². The molecule has 56 valence electrons. The van der Waals surface area contributed by atoms with Crippen molar-refractivity contribution in [2.24, 2.45) is 0 Å². The smallest absolute Gasteiger partial charge is 0.384 e. The van der Waals surface area contributed by atoms with E-state index in [1.165, 1.54) is 0 Å². The van der Waals surface area contributed by atoms with Gasteiger partial charge in [0.25, 0.3) is 0 Å². The minimum atomic E-state index is -4.44. The summed E-state index contributed by atoms with van der Waals surface area (Å²) in [5.41, 5.74) is 0. The molecule has 0 amide bonds. The Morgan fingerprint density at radius 3 is 2.00 bits per heavy atom. The van der Waals surface area contributed by atoms with Crippen molar-refractivity contribution in [1.29, 1.82) is 0 Å². The standard InChI is InChI=1S/C4H6F3IO/c5-4(6,7)3(9)1-2-8/h3,9H,1-2H2. The molecule has 1 unspecified atom stereocenters. The van der Waals surface area contributed by atoms with Crippen molar-refractivity contribution in [3.8, 4) is 0 Å². The summed E-state index contributed by atoms with van der Waals surface area (Å²) in [5.74, 6) is 0. The summed E-state index contributed by atoms with van der Waals surface area (Å²) >= 11 is 1.78. The summed E-state index contributed by atoms with van der Waals surface area (Å²) in [4.78, 5) is 0. The van der Waals surface area contributed by atoms with E-state index in [2.05, 4.69) is 0 Å². The normalized spacial score (nSPS) is 15.7. The molecule has 1 nitrogen and oxygen atoms in total. The lowest BCUT2D eigenvalue weighted by molar-refractivity contribution is -0.203. The predicted octanol–water partition coefficient (Wildman–Crippen LogP) is 1.73. The zero-order valence-electron chi connectivity index (χ0n) is 4.45. The van der Waals surface area contributed by atoms with Crippen LogP contribution in [0.15, 0.2) is 0 Å². The number of aliphatic hydroxyl groups is 1. The second-order valence-electron chi connectivity index (χ2n) is 1.54. The summed E-state index contributed by atoms with van der Waals surface area (Å²) in [5, 5.41) is 8.26. The van der Waals surface area contributed by atoms with Crippen LogP contribution >= 0.6 is 22.6 Å². The number of hydrogen-bond donors (Lipinski definition) is 1. The van der Waals surface area contributed by atoms with Gasteiger partial charge in [0.1, 0.15) is 0 Å². The Hall–Kier alpha value is 0.480. The van der Waals surface area contributed by atoms with Gasteiger partial charge in [-0.1, -0.05) is 22.6 Å². The quantitative estimate of drug-likeness (QED) is 0.587. The molecule has 0 saturated heterocycles. The van der Waals surface area contributed by atoms with Gasteiger partial charge in [0.15, 0.2) is 6.10 Å². The zero-order valence-corrected chi connectivity index (χ0v) is 6.61. The molecule has 1 N–H and O–H groups in total. The maximum absolute atomic E-state index is 11.4. The van der Waals surface area contributed by atoms with Crippen molar-refractivity contribution in [1.82, 2.24) is 0 Å². The molecule has 0 saturated carbocycles. The van der Waals surface area contributed by atoms with Gasteiger partial charge in [-0.15, -0.1) is 0 Å². The van der Waals surface area contributed by atoms with Crippen LogP contribution in [-0.4, -0.2) is 21.8 Å². The first-order valence-electron chi connectivity index (χ1n) is 2.29. The van der Waals surface area contributed by atoms with E-state index in [1.807, 2.05) is 0 Å². The molecule has 0 aliphatic carbocycles. The molecule has 0 aromatic heterocycles. The summed E-state index contributed by atoms with van der Waals surface area (Å²) < 4.78 is 34.5. The van der Waals surface area contributed by atoms with E-state index < -0.39 is 12.3 Å². The Labute approximate surface area is 64.4 Å². The van der Waals surface area contributed by atoms with Crippen molar-refractivity contribution >= 4 is 22.6 Å². The lowest BCUT2D eigenvalue weighted by Gasteiger charge is -2.11. The molecule has 0 radical (unpaired) electrons. The van der Waals surface area contributed by atoms with E-state index in [1.54, 1.807) is 22.6 Å². The largest absolute Gasteiger partial charge is 0.414 e. The molecule has 0 aliphatic rings. The van der Waals surface area contributed by atoms with Crippen LogP contribution in [0.4, 0.5) is 13.2 Å². The Morgan fingerprint density at radius 1 is 1.44 bits per heavy atom. The van der Waals surface area contributed by atoms with Gasteiger partial charge in [0.2, 0.25) is 0 Å². The van der Waals surface area contributed by atoms with Crippen LogP contribution < -0.4 is 0 Å². The number of alkyl halides is 4. The monoisotopic (exact) mass is 254 g/mol. The molecule has 0 aromatic rings. The highest BCUT2D eigenvalue weighted by atomic mass is 127. The number of rotatable bonds is 2. The topological polar surface area (TPSA) is 20.2 Å². The molecule has 0 bridgehead atoms. The third kappa shape index (κ3) is 3.96. The average Bonchev–Trinajstić information content (AvgIpc) is 1.64. The van der Waals surface area contributed by atoms with Crippen molar-refractivity contribution in [2.75, 3.05) is 4.43 Å². The Balaban J connectivity index is 3.59.